The molecule has 1 aliphatic carbocycles. The molecular weight excluding hydrogens is 418 g/mol. The van der Waals surface area contributed by atoms with E-state index in [4.69, 9.17) is 4.52 Å². The largest absolute Gasteiger partial charge is 0.368 e. The van der Waals surface area contributed by atoms with Crippen LogP contribution in [0.3, 0.4) is 0 Å². The number of fused-ring (bicyclic) bond motifs is 1. The normalized spacial score (nSPS) is 17.2. The van der Waals surface area contributed by atoms with Crippen LogP contribution in [0.5, 0.6) is 0 Å². The molecule has 2 N–H and O–H groups in total. The lowest BCUT2D eigenvalue weighted by Crippen LogP contribution is -2.28. The minimum atomic E-state index is -0.366. The van der Waals surface area contributed by atoms with Crippen LogP contribution in [0.1, 0.15) is 23.7 Å². The second-order valence-corrected chi connectivity index (χ2v) is 8.02. The van der Waals surface area contributed by atoms with Gasteiger partial charge in [-0.05, 0) is 13.3 Å². The number of nitrogens with one attached hydrogen (secondary N) is 2. The van der Waals surface area contributed by atoms with Crippen LogP contribution in [0.15, 0.2) is 55.8 Å². The van der Waals surface area contributed by atoms with E-state index in [9.17, 15) is 9.59 Å². The molecule has 2 aliphatic rings. The zero-order valence-corrected chi connectivity index (χ0v) is 17.7. The van der Waals surface area contributed by atoms with E-state index in [0.29, 0.717) is 49.2 Å². The highest BCUT2D eigenvalue weighted by Gasteiger charge is 2.26. The molecule has 10 nitrogen and oxygen atoms in total. The van der Waals surface area contributed by atoms with Crippen molar-refractivity contribution in [2.45, 2.75) is 26.2 Å². The molecular formula is C20H21N7O3S. The Bertz CT molecular complexity index is 1100. The first-order valence-electron chi connectivity index (χ1n) is 9.90. The standard InChI is InChI=1S/C20H21N7O3S/c1-12-23-15(11-31-12)19-24-17(30-27-19)8-7-16(28)21-9-4-10-22-18-13-5-2-3-6-14(13)20(29)26-25-18/h2-3,5-6,11,14,22H,4,7-10H2,1H3,(H,21,28). The molecule has 0 bridgehead atoms. The molecule has 2 aromatic rings. The first-order valence-corrected chi connectivity index (χ1v) is 10.8. The van der Waals surface area contributed by atoms with Gasteiger partial charge in [0.2, 0.25) is 17.6 Å². The zero-order valence-electron chi connectivity index (χ0n) is 16.9. The summed E-state index contributed by atoms with van der Waals surface area (Å²) in [6.45, 7) is 3.02. The van der Waals surface area contributed by atoms with Gasteiger partial charge in [0.15, 0.2) is 5.82 Å². The number of aromatic nitrogens is 3. The molecule has 2 amide bonds. The highest BCUT2D eigenvalue weighted by molar-refractivity contribution is 7.09. The quantitative estimate of drug-likeness (QED) is 0.573. The van der Waals surface area contributed by atoms with Gasteiger partial charge in [-0.25, -0.2) is 4.98 Å². The molecule has 2 aromatic heterocycles. The number of carbonyl (C=O) groups excluding carboxylic acids is 2. The molecule has 1 aliphatic heterocycles. The Morgan fingerprint density at radius 1 is 1.23 bits per heavy atom. The highest BCUT2D eigenvalue weighted by atomic mass is 32.1. The van der Waals surface area contributed by atoms with Gasteiger partial charge in [-0.3, -0.25) is 9.59 Å². The Balaban J connectivity index is 1.16. The van der Waals surface area contributed by atoms with Crippen molar-refractivity contribution >= 4 is 23.2 Å². The van der Waals surface area contributed by atoms with Crippen molar-refractivity contribution in [1.82, 2.24) is 25.8 Å². The lowest BCUT2D eigenvalue weighted by molar-refractivity contribution is -0.121. The second kappa shape index (κ2) is 9.56. The third-order valence-electron chi connectivity index (χ3n) is 4.66. The van der Waals surface area contributed by atoms with Gasteiger partial charge in [-0.2, -0.15) is 4.98 Å². The van der Waals surface area contributed by atoms with Gasteiger partial charge in [0, 0.05) is 36.9 Å². The summed E-state index contributed by atoms with van der Waals surface area (Å²) in [5.41, 5.74) is 1.50. The lowest BCUT2D eigenvalue weighted by Gasteiger charge is -2.20. The van der Waals surface area contributed by atoms with Crippen LogP contribution in [-0.2, 0) is 16.0 Å². The number of azo groups is 1. The Morgan fingerprint density at radius 2 is 2.13 bits per heavy atom. The molecule has 1 atom stereocenters. The summed E-state index contributed by atoms with van der Waals surface area (Å²) in [6.07, 6.45) is 8.69. The molecule has 1 unspecified atom stereocenters. The summed E-state index contributed by atoms with van der Waals surface area (Å²) in [7, 11) is 0. The number of rotatable bonds is 9. The first-order chi connectivity index (χ1) is 15.1. The van der Waals surface area contributed by atoms with Crippen LogP contribution in [0.2, 0.25) is 0 Å². The Kier molecular flexibility index (Phi) is 6.41. The Morgan fingerprint density at radius 3 is 2.97 bits per heavy atom. The number of thiazole rings is 1. The maximum absolute atomic E-state index is 12.1. The Hall–Kier alpha value is -3.47. The molecule has 0 aromatic carbocycles. The monoisotopic (exact) mass is 439 g/mol. The summed E-state index contributed by atoms with van der Waals surface area (Å²) in [5.74, 6) is 0.729. The number of amides is 2. The van der Waals surface area contributed by atoms with Gasteiger partial charge >= 0.3 is 0 Å². The van der Waals surface area contributed by atoms with Crippen molar-refractivity contribution in [1.29, 1.82) is 0 Å². The predicted molar refractivity (Wildman–Crippen MR) is 113 cm³/mol. The SMILES string of the molecule is Cc1nc(-c2noc(CCC(=O)NCCCNC3=C4C=CC=CC4C(=O)N=N3)n2)cs1. The minimum absolute atomic E-state index is 0.0883. The van der Waals surface area contributed by atoms with Crippen molar-refractivity contribution in [3.05, 3.63) is 52.0 Å². The maximum Gasteiger partial charge on any atom is 0.276 e. The number of hydrogen-bond acceptors (Lipinski definition) is 9. The summed E-state index contributed by atoms with van der Waals surface area (Å²) in [6, 6.07) is 0. The highest BCUT2D eigenvalue weighted by Crippen LogP contribution is 2.27. The van der Waals surface area contributed by atoms with Crippen LogP contribution >= 0.6 is 11.3 Å². The van der Waals surface area contributed by atoms with Crippen LogP contribution in [0.4, 0.5) is 0 Å². The minimum Gasteiger partial charge on any atom is -0.368 e. The van der Waals surface area contributed by atoms with E-state index < -0.39 is 0 Å². The summed E-state index contributed by atoms with van der Waals surface area (Å²) in [5, 5.41) is 20.4. The van der Waals surface area contributed by atoms with Crippen LogP contribution < -0.4 is 10.6 Å². The molecule has 0 saturated heterocycles. The number of carbonyl (C=O) groups is 2. The molecule has 11 heteroatoms. The number of allylic oxidation sites excluding steroid dienone is 3. The molecule has 3 heterocycles. The van der Waals surface area contributed by atoms with E-state index >= 15 is 0 Å². The lowest BCUT2D eigenvalue weighted by atomic mass is 9.93. The topological polar surface area (TPSA) is 135 Å². The van der Waals surface area contributed by atoms with E-state index in [0.717, 1.165) is 10.6 Å². The van der Waals surface area contributed by atoms with E-state index in [1.165, 1.54) is 11.3 Å². The number of hydrogen-bond donors (Lipinski definition) is 2. The van der Waals surface area contributed by atoms with Crippen LogP contribution in [0, 0.1) is 12.8 Å². The van der Waals surface area contributed by atoms with Gasteiger partial charge in [0.1, 0.15) is 5.69 Å². The fraction of sp³-hybridized carbons (Fsp3) is 0.350. The van der Waals surface area contributed by atoms with Crippen molar-refractivity contribution in [3.63, 3.8) is 0 Å². The number of aryl methyl sites for hydroxylation is 2. The molecule has 0 radical (unpaired) electrons. The average Bonchev–Trinajstić information content (AvgIpc) is 3.42. The number of nitrogens with zero attached hydrogens (tertiary/aromatic N) is 5. The van der Waals surface area contributed by atoms with Gasteiger partial charge in [-0.15, -0.1) is 21.6 Å². The van der Waals surface area contributed by atoms with E-state index in [1.807, 2.05) is 36.6 Å². The summed E-state index contributed by atoms with van der Waals surface area (Å²) < 4.78 is 5.19. The van der Waals surface area contributed by atoms with E-state index in [-0.39, 0.29) is 24.2 Å². The Labute approximate surface area is 182 Å². The average molecular weight is 440 g/mol. The summed E-state index contributed by atoms with van der Waals surface area (Å²) in [4.78, 5) is 32.4. The van der Waals surface area contributed by atoms with E-state index in [2.05, 4.69) is 36.0 Å². The van der Waals surface area contributed by atoms with Gasteiger partial charge in [0.05, 0.1) is 10.9 Å². The molecule has 0 fully saturated rings. The van der Waals surface area contributed by atoms with E-state index in [1.54, 1.807) is 0 Å². The predicted octanol–water partition coefficient (Wildman–Crippen LogP) is 2.48. The van der Waals surface area contributed by atoms with Gasteiger partial charge < -0.3 is 15.2 Å². The fourth-order valence-corrected chi connectivity index (χ4v) is 3.69. The zero-order chi connectivity index (χ0) is 21.6. The van der Waals surface area contributed by atoms with Crippen molar-refractivity contribution < 1.29 is 14.1 Å². The molecule has 4 rings (SSSR count). The first kappa shape index (κ1) is 20.8. The third-order valence-corrected chi connectivity index (χ3v) is 5.44. The van der Waals surface area contributed by atoms with Crippen molar-refractivity contribution in [3.8, 4) is 11.5 Å². The summed E-state index contributed by atoms with van der Waals surface area (Å²) >= 11 is 1.52. The maximum atomic E-state index is 12.1. The fourth-order valence-electron chi connectivity index (χ4n) is 3.10. The van der Waals surface area contributed by atoms with Gasteiger partial charge in [0.25, 0.3) is 5.91 Å². The van der Waals surface area contributed by atoms with Crippen molar-refractivity contribution in [2.75, 3.05) is 13.1 Å². The molecule has 31 heavy (non-hydrogen) atoms. The second-order valence-electron chi connectivity index (χ2n) is 6.96. The molecule has 160 valence electrons. The molecule has 0 spiro atoms. The van der Waals surface area contributed by atoms with Crippen molar-refractivity contribution in [2.24, 2.45) is 16.1 Å². The van der Waals surface area contributed by atoms with Gasteiger partial charge in [-0.1, -0.05) is 29.5 Å². The van der Waals surface area contributed by atoms with Crippen LogP contribution in [0.25, 0.3) is 11.5 Å². The molecule has 0 saturated carbocycles. The third kappa shape index (κ3) is 5.18. The van der Waals surface area contributed by atoms with Crippen LogP contribution in [-0.4, -0.2) is 40.0 Å². The smallest absolute Gasteiger partial charge is 0.276 e.